The molecule has 0 saturated carbocycles. The van der Waals surface area contributed by atoms with Crippen molar-refractivity contribution in [3.63, 3.8) is 0 Å². The topological polar surface area (TPSA) is 69.6 Å². The molecule has 2 atom stereocenters. The second-order valence-electron chi connectivity index (χ2n) is 6.25. The summed E-state index contributed by atoms with van der Waals surface area (Å²) in [6, 6.07) is 24.2. The van der Waals surface area contributed by atoms with Gasteiger partial charge in [-0.25, -0.2) is 4.79 Å². The maximum Gasteiger partial charge on any atom is 0.340 e. The van der Waals surface area contributed by atoms with Gasteiger partial charge in [-0.3, -0.25) is 0 Å². The van der Waals surface area contributed by atoms with Crippen LogP contribution in [-0.2, 0) is 27.3 Å². The number of carbonyl (C=O) groups is 1. The number of carbonyl (C=O) groups excluding carboxylic acids is 1. The van der Waals surface area contributed by atoms with Gasteiger partial charge in [0.15, 0.2) is 11.0 Å². The predicted molar refractivity (Wildman–Crippen MR) is 110 cm³/mol. The van der Waals surface area contributed by atoms with Crippen molar-refractivity contribution in [3.05, 3.63) is 90.0 Å². The molecular weight excluding hydrogens is 372 g/mol. The molecule has 3 rings (SSSR count). The molecule has 0 aliphatic rings. The van der Waals surface area contributed by atoms with Crippen molar-refractivity contribution in [2.45, 2.75) is 24.5 Å². The fourth-order valence-corrected chi connectivity index (χ4v) is 3.87. The van der Waals surface area contributed by atoms with Gasteiger partial charge in [0.2, 0.25) is 0 Å². The first-order chi connectivity index (χ1) is 13.6. The predicted octanol–water partition coefficient (Wildman–Crippen LogP) is 4.26. The Morgan fingerprint density at radius 3 is 2.29 bits per heavy atom. The molecule has 2 unspecified atom stereocenters. The number of benzene rings is 3. The standard InChI is InChI=1S/C23H22O4S/c1-2-28(26)21-15-19(18-11-7-4-8-12-18)13-14-20(21)22(24)23(25)27-16-17-9-5-3-6-10-17/h3-15,22,24H,2,16H2,1H3. The number of rotatable bonds is 7. The van der Waals surface area contributed by atoms with Crippen LogP contribution in [0.15, 0.2) is 83.8 Å². The Labute approximate surface area is 168 Å². The van der Waals surface area contributed by atoms with Crippen molar-refractivity contribution in [2.24, 2.45) is 0 Å². The van der Waals surface area contributed by atoms with Crippen LogP contribution in [-0.4, -0.2) is 21.4 Å². The van der Waals surface area contributed by atoms with Crippen molar-refractivity contribution in [1.82, 2.24) is 0 Å². The normalized spacial score (nSPS) is 13.0. The Kier molecular flexibility index (Phi) is 6.87. The lowest BCUT2D eigenvalue weighted by atomic mass is 10.0. The van der Waals surface area contributed by atoms with Gasteiger partial charge in [0.1, 0.15) is 12.4 Å². The van der Waals surface area contributed by atoms with Gasteiger partial charge in [-0.05, 0) is 34.8 Å². The Morgan fingerprint density at radius 2 is 1.64 bits per heavy atom. The molecule has 1 N–H and O–H groups in total. The van der Waals surface area contributed by atoms with Crippen LogP contribution in [0.4, 0.5) is 0 Å². The van der Waals surface area contributed by atoms with Crippen molar-refractivity contribution < 1.29 is 19.2 Å². The summed E-state index contributed by atoms with van der Waals surface area (Å²) in [4.78, 5) is 12.8. The molecule has 144 valence electrons. The molecule has 4 nitrogen and oxygen atoms in total. The molecule has 3 aromatic rings. The van der Waals surface area contributed by atoms with E-state index in [1.165, 1.54) is 0 Å². The highest BCUT2D eigenvalue weighted by Crippen LogP contribution is 2.30. The van der Waals surface area contributed by atoms with E-state index in [0.717, 1.165) is 16.7 Å². The number of aliphatic hydroxyl groups is 1. The molecule has 0 radical (unpaired) electrons. The van der Waals surface area contributed by atoms with E-state index >= 15 is 0 Å². The monoisotopic (exact) mass is 394 g/mol. The van der Waals surface area contributed by atoms with Crippen LogP contribution in [0.5, 0.6) is 0 Å². The third-order valence-electron chi connectivity index (χ3n) is 4.37. The minimum atomic E-state index is -1.49. The molecule has 5 heteroatoms. The van der Waals surface area contributed by atoms with Crippen LogP contribution in [0.3, 0.4) is 0 Å². The van der Waals surface area contributed by atoms with E-state index in [1.807, 2.05) is 66.7 Å². The van der Waals surface area contributed by atoms with Gasteiger partial charge in [-0.1, -0.05) is 72.8 Å². The van der Waals surface area contributed by atoms with Gasteiger partial charge in [0.25, 0.3) is 0 Å². The van der Waals surface area contributed by atoms with E-state index in [1.54, 1.807) is 19.1 Å². The quantitative estimate of drug-likeness (QED) is 0.480. The lowest BCUT2D eigenvalue weighted by Gasteiger charge is -2.17. The highest BCUT2D eigenvalue weighted by atomic mass is 32.2. The van der Waals surface area contributed by atoms with Crippen LogP contribution < -0.4 is 0 Å². The minimum absolute atomic E-state index is 0.0744. The lowest BCUT2D eigenvalue weighted by Crippen LogP contribution is -2.19. The van der Waals surface area contributed by atoms with Gasteiger partial charge in [-0.2, -0.15) is 0 Å². The molecule has 3 aromatic carbocycles. The molecule has 0 bridgehead atoms. The Bertz CT molecular complexity index is 912. The van der Waals surface area contributed by atoms with Gasteiger partial charge in [-0.15, -0.1) is 0 Å². The number of aliphatic hydroxyl groups excluding tert-OH is 1. The maximum absolute atomic E-state index is 12.6. The molecule has 0 aliphatic heterocycles. The summed E-state index contributed by atoms with van der Waals surface area (Å²) in [6.45, 7) is 1.88. The summed E-state index contributed by atoms with van der Waals surface area (Å²) in [6.07, 6.45) is -1.49. The van der Waals surface area contributed by atoms with E-state index < -0.39 is 23.2 Å². The summed E-state index contributed by atoms with van der Waals surface area (Å²) >= 11 is -1.33. The number of hydrogen-bond donors (Lipinski definition) is 1. The molecule has 28 heavy (non-hydrogen) atoms. The SMILES string of the molecule is CC[S+]([O-])c1cc(-c2ccccc2)ccc1C(O)C(=O)OCc1ccccc1. The first-order valence-corrected chi connectivity index (χ1v) is 10.4. The first kappa shape index (κ1) is 20.1. The van der Waals surface area contributed by atoms with Crippen LogP contribution in [0.25, 0.3) is 11.1 Å². The Balaban J connectivity index is 1.83. The van der Waals surface area contributed by atoms with Crippen molar-refractivity contribution in [2.75, 3.05) is 5.75 Å². The fraction of sp³-hybridized carbons (Fsp3) is 0.174. The lowest BCUT2D eigenvalue weighted by molar-refractivity contribution is -0.155. The molecular formula is C23H22O4S. The summed E-state index contributed by atoms with van der Waals surface area (Å²) in [5, 5.41) is 10.5. The Morgan fingerprint density at radius 1 is 1.00 bits per heavy atom. The van der Waals surface area contributed by atoms with Crippen LogP contribution in [0, 0.1) is 0 Å². The molecule has 0 aliphatic carbocycles. The zero-order chi connectivity index (χ0) is 19.9. The van der Waals surface area contributed by atoms with E-state index in [0.29, 0.717) is 16.2 Å². The Hall–Kier alpha value is -2.60. The molecule has 0 fully saturated rings. The van der Waals surface area contributed by atoms with Crippen molar-refractivity contribution in [3.8, 4) is 11.1 Å². The minimum Gasteiger partial charge on any atom is -0.611 e. The second kappa shape index (κ2) is 9.55. The van der Waals surface area contributed by atoms with Crippen LogP contribution in [0.2, 0.25) is 0 Å². The smallest absolute Gasteiger partial charge is 0.340 e. The average Bonchev–Trinajstić information content (AvgIpc) is 2.77. The van der Waals surface area contributed by atoms with Gasteiger partial charge < -0.3 is 14.4 Å². The highest BCUT2D eigenvalue weighted by Gasteiger charge is 2.27. The third kappa shape index (κ3) is 4.81. The first-order valence-electron chi connectivity index (χ1n) is 9.06. The zero-order valence-corrected chi connectivity index (χ0v) is 16.4. The molecule has 0 heterocycles. The fourth-order valence-electron chi connectivity index (χ4n) is 2.86. The maximum atomic E-state index is 12.6. The van der Waals surface area contributed by atoms with Gasteiger partial charge >= 0.3 is 5.97 Å². The zero-order valence-electron chi connectivity index (χ0n) is 15.6. The van der Waals surface area contributed by atoms with Crippen LogP contribution >= 0.6 is 0 Å². The van der Waals surface area contributed by atoms with Gasteiger partial charge in [0, 0.05) is 11.6 Å². The largest absolute Gasteiger partial charge is 0.611 e. The van der Waals surface area contributed by atoms with Gasteiger partial charge in [0.05, 0.1) is 0 Å². The number of ether oxygens (including phenoxy) is 1. The average molecular weight is 394 g/mol. The third-order valence-corrected chi connectivity index (χ3v) is 5.74. The number of hydrogen-bond acceptors (Lipinski definition) is 4. The summed E-state index contributed by atoms with van der Waals surface area (Å²) in [5.74, 6) is -0.373. The molecule has 0 aromatic heterocycles. The van der Waals surface area contributed by atoms with E-state index in [9.17, 15) is 14.5 Å². The van der Waals surface area contributed by atoms with Crippen molar-refractivity contribution >= 4 is 17.1 Å². The summed E-state index contributed by atoms with van der Waals surface area (Å²) < 4.78 is 17.8. The summed E-state index contributed by atoms with van der Waals surface area (Å²) in [7, 11) is 0. The van der Waals surface area contributed by atoms with E-state index in [4.69, 9.17) is 4.74 Å². The highest BCUT2D eigenvalue weighted by molar-refractivity contribution is 7.91. The summed E-state index contributed by atoms with van der Waals surface area (Å²) in [5.41, 5.74) is 3.01. The second-order valence-corrected chi connectivity index (χ2v) is 7.96. The van der Waals surface area contributed by atoms with E-state index in [-0.39, 0.29) is 6.61 Å². The molecule has 0 saturated heterocycles. The molecule has 0 amide bonds. The van der Waals surface area contributed by atoms with Crippen LogP contribution in [0.1, 0.15) is 24.2 Å². The molecule has 0 spiro atoms. The van der Waals surface area contributed by atoms with Crippen molar-refractivity contribution in [1.29, 1.82) is 0 Å². The van der Waals surface area contributed by atoms with E-state index in [2.05, 4.69) is 0 Å². The number of esters is 1.